The number of benzene rings is 1. The molecule has 0 amide bonds. The van der Waals surface area contributed by atoms with Gasteiger partial charge in [0, 0.05) is 19.0 Å². The molecule has 1 nitrogen and oxygen atoms in total. The molecule has 1 rings (SSSR count). The fourth-order valence-electron chi connectivity index (χ4n) is 1.52. The molecule has 0 aliphatic rings. The molecule has 0 saturated heterocycles. The van der Waals surface area contributed by atoms with E-state index in [1.807, 2.05) is 0 Å². The molecule has 0 radical (unpaired) electrons. The first-order valence-electron chi connectivity index (χ1n) is 5.59. The van der Waals surface area contributed by atoms with E-state index in [2.05, 4.69) is 5.32 Å². The normalized spacial score (nSPS) is 11.8. The number of unbranched alkanes of at least 4 members (excludes halogenated alkanes) is 1. The minimum absolute atomic E-state index is 0.0496. The molecule has 0 aliphatic carbocycles. The minimum Gasteiger partial charge on any atom is -0.313 e. The fraction of sp³-hybridized carbons (Fsp3) is 0.500. The first-order valence-corrected chi connectivity index (χ1v) is 5.59. The van der Waals surface area contributed by atoms with Gasteiger partial charge in [0.15, 0.2) is 0 Å². The zero-order chi connectivity index (χ0) is 13.6. The van der Waals surface area contributed by atoms with Gasteiger partial charge in [0.1, 0.15) is 11.6 Å². The summed E-state index contributed by atoms with van der Waals surface area (Å²) in [6.07, 6.45) is -4.50. The summed E-state index contributed by atoms with van der Waals surface area (Å²) in [5.41, 5.74) is 0.434. The predicted octanol–water partition coefficient (Wildman–Crippen LogP) is 3.79. The molecule has 0 unspecified atom stereocenters. The Morgan fingerprint density at radius 2 is 1.56 bits per heavy atom. The highest BCUT2D eigenvalue weighted by Crippen LogP contribution is 2.21. The molecule has 0 aliphatic heterocycles. The molecule has 0 aromatic heterocycles. The third-order valence-electron chi connectivity index (χ3n) is 2.32. The largest absolute Gasteiger partial charge is 0.389 e. The summed E-state index contributed by atoms with van der Waals surface area (Å²) < 4.78 is 61.0. The Bertz CT molecular complexity index is 355. The summed E-state index contributed by atoms with van der Waals surface area (Å²) in [5.74, 6) is -1.33. The van der Waals surface area contributed by atoms with Crippen molar-refractivity contribution in [2.45, 2.75) is 32.0 Å². The molecule has 0 spiro atoms. The highest BCUT2D eigenvalue weighted by molar-refractivity contribution is 5.17. The first-order chi connectivity index (χ1) is 8.37. The van der Waals surface area contributed by atoms with Crippen LogP contribution in [-0.4, -0.2) is 12.7 Å². The summed E-state index contributed by atoms with van der Waals surface area (Å²) in [6, 6.07) is 3.14. The smallest absolute Gasteiger partial charge is 0.313 e. The van der Waals surface area contributed by atoms with Crippen LogP contribution in [0.25, 0.3) is 0 Å². The maximum atomic E-state index is 12.8. The van der Waals surface area contributed by atoms with Gasteiger partial charge in [-0.15, -0.1) is 0 Å². The van der Waals surface area contributed by atoms with Crippen molar-refractivity contribution in [3.63, 3.8) is 0 Å². The van der Waals surface area contributed by atoms with Crippen LogP contribution in [0.5, 0.6) is 0 Å². The highest BCUT2D eigenvalue weighted by Gasteiger charge is 2.25. The zero-order valence-corrected chi connectivity index (χ0v) is 9.66. The lowest BCUT2D eigenvalue weighted by molar-refractivity contribution is -0.135. The number of alkyl halides is 3. The standard InChI is InChI=1S/C12H14F5N/c13-10-5-9(6-11(14)7-10)8-18-4-2-1-3-12(15,16)17/h5-7,18H,1-4,8H2. The van der Waals surface area contributed by atoms with Crippen LogP contribution in [0.1, 0.15) is 24.8 Å². The molecule has 102 valence electrons. The summed E-state index contributed by atoms with van der Waals surface area (Å²) in [5, 5.41) is 2.84. The van der Waals surface area contributed by atoms with Crippen molar-refractivity contribution >= 4 is 0 Å². The van der Waals surface area contributed by atoms with Gasteiger partial charge in [-0.1, -0.05) is 0 Å². The SMILES string of the molecule is Fc1cc(F)cc(CNCCCCC(F)(F)F)c1. The monoisotopic (exact) mass is 267 g/mol. The highest BCUT2D eigenvalue weighted by atomic mass is 19.4. The Balaban J connectivity index is 2.18. The maximum Gasteiger partial charge on any atom is 0.389 e. The van der Waals surface area contributed by atoms with Crippen LogP contribution in [0.3, 0.4) is 0 Å². The van der Waals surface area contributed by atoms with Crippen molar-refractivity contribution < 1.29 is 22.0 Å². The molecule has 0 heterocycles. The lowest BCUT2D eigenvalue weighted by Crippen LogP contribution is -2.16. The third kappa shape index (κ3) is 6.54. The van der Waals surface area contributed by atoms with Crippen LogP contribution < -0.4 is 5.32 Å². The number of nitrogens with one attached hydrogen (secondary N) is 1. The van der Waals surface area contributed by atoms with Gasteiger partial charge in [-0.25, -0.2) is 8.78 Å². The first kappa shape index (κ1) is 14.9. The van der Waals surface area contributed by atoms with Crippen molar-refractivity contribution in [1.82, 2.24) is 5.32 Å². The van der Waals surface area contributed by atoms with Crippen LogP contribution in [0.4, 0.5) is 22.0 Å². The number of hydrogen-bond donors (Lipinski definition) is 1. The van der Waals surface area contributed by atoms with Crippen LogP contribution in [0, 0.1) is 11.6 Å². The van der Waals surface area contributed by atoms with Gasteiger partial charge in [-0.3, -0.25) is 0 Å². The number of hydrogen-bond acceptors (Lipinski definition) is 1. The van der Waals surface area contributed by atoms with E-state index in [1.54, 1.807) is 0 Å². The lowest BCUT2D eigenvalue weighted by Gasteiger charge is -2.07. The predicted molar refractivity (Wildman–Crippen MR) is 58.0 cm³/mol. The van der Waals surface area contributed by atoms with Gasteiger partial charge in [-0.2, -0.15) is 13.2 Å². The summed E-state index contributed by atoms with van der Waals surface area (Å²) in [4.78, 5) is 0. The molecule has 0 fully saturated rings. The fourth-order valence-corrected chi connectivity index (χ4v) is 1.52. The van der Waals surface area contributed by atoms with Crippen molar-refractivity contribution in [1.29, 1.82) is 0 Å². The molecule has 0 bridgehead atoms. The van der Waals surface area contributed by atoms with Crippen LogP contribution >= 0.6 is 0 Å². The van der Waals surface area contributed by atoms with Crippen molar-refractivity contribution in [2.75, 3.05) is 6.54 Å². The molecule has 1 aromatic rings. The van der Waals surface area contributed by atoms with E-state index in [4.69, 9.17) is 0 Å². The quantitative estimate of drug-likeness (QED) is 0.611. The van der Waals surface area contributed by atoms with Gasteiger partial charge in [0.05, 0.1) is 0 Å². The van der Waals surface area contributed by atoms with E-state index >= 15 is 0 Å². The lowest BCUT2D eigenvalue weighted by atomic mass is 10.2. The summed E-state index contributed by atoms with van der Waals surface area (Å²) >= 11 is 0. The summed E-state index contributed by atoms with van der Waals surface area (Å²) in [6.45, 7) is 0.620. The van der Waals surface area contributed by atoms with Crippen molar-refractivity contribution in [3.8, 4) is 0 Å². The van der Waals surface area contributed by atoms with Gasteiger partial charge in [0.25, 0.3) is 0 Å². The Kier molecular flexibility index (Phi) is 5.53. The molecule has 0 saturated carbocycles. The second-order valence-corrected chi connectivity index (χ2v) is 4.03. The maximum absolute atomic E-state index is 12.8. The van der Waals surface area contributed by atoms with E-state index in [9.17, 15) is 22.0 Å². The van der Waals surface area contributed by atoms with Crippen LogP contribution in [0.15, 0.2) is 18.2 Å². The van der Waals surface area contributed by atoms with Crippen LogP contribution in [-0.2, 0) is 6.54 Å². The second-order valence-electron chi connectivity index (χ2n) is 4.03. The average molecular weight is 267 g/mol. The average Bonchev–Trinajstić information content (AvgIpc) is 2.20. The molecule has 1 aromatic carbocycles. The van der Waals surface area contributed by atoms with E-state index < -0.39 is 24.2 Å². The minimum atomic E-state index is -4.12. The second kappa shape index (κ2) is 6.68. The third-order valence-corrected chi connectivity index (χ3v) is 2.32. The Labute approximate surface area is 102 Å². The van der Waals surface area contributed by atoms with Gasteiger partial charge >= 0.3 is 6.18 Å². The molecule has 18 heavy (non-hydrogen) atoms. The van der Waals surface area contributed by atoms with E-state index in [-0.39, 0.29) is 13.0 Å². The summed E-state index contributed by atoms with van der Waals surface area (Å²) in [7, 11) is 0. The van der Waals surface area contributed by atoms with Crippen molar-refractivity contribution in [2.24, 2.45) is 0 Å². The van der Waals surface area contributed by atoms with Gasteiger partial charge < -0.3 is 5.32 Å². The van der Waals surface area contributed by atoms with Crippen molar-refractivity contribution in [3.05, 3.63) is 35.4 Å². The van der Waals surface area contributed by atoms with Crippen LogP contribution in [0.2, 0.25) is 0 Å². The molecule has 1 N–H and O–H groups in total. The Morgan fingerprint density at radius 3 is 2.11 bits per heavy atom. The molecular formula is C12H14F5N. The van der Waals surface area contributed by atoms with Gasteiger partial charge in [-0.05, 0) is 37.1 Å². The molecule has 0 atom stereocenters. The Morgan fingerprint density at radius 1 is 0.944 bits per heavy atom. The van der Waals surface area contributed by atoms with E-state index in [1.165, 1.54) is 12.1 Å². The van der Waals surface area contributed by atoms with E-state index in [0.29, 0.717) is 18.5 Å². The number of rotatable bonds is 6. The number of halogens is 5. The molecule has 6 heteroatoms. The topological polar surface area (TPSA) is 12.0 Å². The van der Waals surface area contributed by atoms with Gasteiger partial charge in [0.2, 0.25) is 0 Å². The van der Waals surface area contributed by atoms with E-state index in [0.717, 1.165) is 6.07 Å². The zero-order valence-electron chi connectivity index (χ0n) is 9.66. The molecular weight excluding hydrogens is 253 g/mol. The Hall–Kier alpha value is -1.17.